The van der Waals surface area contributed by atoms with Gasteiger partial charge in [-0.05, 0) is 64.6 Å². The van der Waals surface area contributed by atoms with Gasteiger partial charge >= 0.3 is 0 Å². The molecule has 0 saturated heterocycles. The summed E-state index contributed by atoms with van der Waals surface area (Å²) in [6.07, 6.45) is 9.49. The highest BCUT2D eigenvalue weighted by atomic mass is 15.1. The fraction of sp³-hybridized carbons (Fsp3) is 1.00. The van der Waals surface area contributed by atoms with Crippen LogP contribution in [0, 0.1) is 5.92 Å². The lowest BCUT2D eigenvalue weighted by molar-refractivity contribution is 0.207. The molecule has 1 rings (SSSR count). The van der Waals surface area contributed by atoms with Crippen molar-refractivity contribution in [2.45, 2.75) is 77.8 Å². The summed E-state index contributed by atoms with van der Waals surface area (Å²) in [7, 11) is 2.31. The van der Waals surface area contributed by atoms with E-state index in [9.17, 15) is 0 Å². The van der Waals surface area contributed by atoms with Gasteiger partial charge in [-0.2, -0.15) is 0 Å². The van der Waals surface area contributed by atoms with Gasteiger partial charge in [0.15, 0.2) is 0 Å². The van der Waals surface area contributed by atoms with Crippen molar-refractivity contribution in [3.63, 3.8) is 0 Å². The maximum absolute atomic E-state index is 3.74. The zero-order valence-electron chi connectivity index (χ0n) is 13.0. The van der Waals surface area contributed by atoms with Crippen LogP contribution in [0.2, 0.25) is 0 Å². The molecule has 0 aromatic heterocycles. The maximum Gasteiger partial charge on any atom is 0.00958 e. The summed E-state index contributed by atoms with van der Waals surface area (Å²) in [6, 6.07) is 1.59. The standard InChI is InChI=1S/C16H34N2/c1-5-12-17-16-10-8-9-14(16)11-13-18(4)15(6-2)7-3/h14-17H,5-13H2,1-4H3. The van der Waals surface area contributed by atoms with Gasteiger partial charge in [0.25, 0.3) is 0 Å². The summed E-state index contributed by atoms with van der Waals surface area (Å²) in [5, 5.41) is 3.74. The minimum Gasteiger partial charge on any atom is -0.314 e. The highest BCUT2D eigenvalue weighted by Crippen LogP contribution is 2.28. The van der Waals surface area contributed by atoms with E-state index in [1.165, 1.54) is 58.0 Å². The number of hydrogen-bond donors (Lipinski definition) is 1. The summed E-state index contributed by atoms with van der Waals surface area (Å²) in [4.78, 5) is 2.58. The molecule has 0 amide bonds. The highest BCUT2D eigenvalue weighted by Gasteiger charge is 2.26. The Balaban J connectivity index is 2.28. The molecule has 0 heterocycles. The normalized spacial score (nSPS) is 24.3. The van der Waals surface area contributed by atoms with Crippen LogP contribution < -0.4 is 5.32 Å². The van der Waals surface area contributed by atoms with Gasteiger partial charge in [0.2, 0.25) is 0 Å². The molecule has 108 valence electrons. The number of rotatable bonds is 9. The Morgan fingerprint density at radius 2 is 1.89 bits per heavy atom. The number of nitrogens with one attached hydrogen (secondary N) is 1. The van der Waals surface area contributed by atoms with Crippen LogP contribution in [0.5, 0.6) is 0 Å². The Bertz CT molecular complexity index is 201. The Kier molecular flexibility index (Phi) is 7.92. The third kappa shape index (κ3) is 4.89. The van der Waals surface area contributed by atoms with E-state index < -0.39 is 0 Å². The van der Waals surface area contributed by atoms with Gasteiger partial charge in [0, 0.05) is 12.1 Å². The van der Waals surface area contributed by atoms with Crippen LogP contribution in [-0.2, 0) is 0 Å². The Hall–Kier alpha value is -0.0800. The predicted octanol–water partition coefficient (Wildman–Crippen LogP) is 3.67. The van der Waals surface area contributed by atoms with Gasteiger partial charge in [0.05, 0.1) is 0 Å². The molecule has 18 heavy (non-hydrogen) atoms. The van der Waals surface area contributed by atoms with Gasteiger partial charge in [-0.25, -0.2) is 0 Å². The van der Waals surface area contributed by atoms with Gasteiger partial charge in [-0.15, -0.1) is 0 Å². The van der Waals surface area contributed by atoms with Crippen LogP contribution in [0.25, 0.3) is 0 Å². The van der Waals surface area contributed by atoms with Crippen molar-refractivity contribution >= 4 is 0 Å². The van der Waals surface area contributed by atoms with E-state index in [1.54, 1.807) is 0 Å². The Morgan fingerprint density at radius 3 is 2.50 bits per heavy atom. The molecule has 2 unspecified atom stereocenters. The van der Waals surface area contributed by atoms with E-state index in [1.807, 2.05) is 0 Å². The fourth-order valence-electron chi connectivity index (χ4n) is 3.44. The monoisotopic (exact) mass is 254 g/mol. The van der Waals surface area contributed by atoms with Gasteiger partial charge in [0.1, 0.15) is 0 Å². The highest BCUT2D eigenvalue weighted by molar-refractivity contribution is 4.83. The van der Waals surface area contributed by atoms with Gasteiger partial charge < -0.3 is 10.2 Å². The van der Waals surface area contributed by atoms with E-state index in [2.05, 4.69) is 38.0 Å². The topological polar surface area (TPSA) is 15.3 Å². The first kappa shape index (κ1) is 16.0. The quantitative estimate of drug-likeness (QED) is 0.675. The molecule has 0 radical (unpaired) electrons. The van der Waals surface area contributed by atoms with E-state index in [0.29, 0.717) is 0 Å². The molecule has 1 aliphatic carbocycles. The molecule has 2 nitrogen and oxygen atoms in total. The summed E-state index contributed by atoms with van der Waals surface area (Å²) in [5.41, 5.74) is 0. The second kappa shape index (κ2) is 8.92. The van der Waals surface area contributed by atoms with Crippen LogP contribution >= 0.6 is 0 Å². The summed E-state index contributed by atoms with van der Waals surface area (Å²) in [6.45, 7) is 9.36. The second-order valence-electron chi connectivity index (χ2n) is 5.99. The molecule has 0 spiro atoms. The largest absolute Gasteiger partial charge is 0.314 e. The van der Waals surface area contributed by atoms with Crippen LogP contribution in [0.1, 0.15) is 65.7 Å². The molecular weight excluding hydrogens is 220 g/mol. The van der Waals surface area contributed by atoms with Crippen molar-refractivity contribution in [2.75, 3.05) is 20.1 Å². The first-order valence-electron chi connectivity index (χ1n) is 8.16. The van der Waals surface area contributed by atoms with E-state index in [-0.39, 0.29) is 0 Å². The lowest BCUT2D eigenvalue weighted by Crippen LogP contribution is -2.37. The lowest BCUT2D eigenvalue weighted by atomic mass is 9.98. The van der Waals surface area contributed by atoms with Crippen molar-refractivity contribution in [1.29, 1.82) is 0 Å². The Morgan fingerprint density at radius 1 is 1.17 bits per heavy atom. The number of hydrogen-bond acceptors (Lipinski definition) is 2. The SMILES string of the molecule is CCCNC1CCCC1CCN(C)C(CC)CC. The summed E-state index contributed by atoms with van der Waals surface area (Å²) >= 11 is 0. The molecule has 1 saturated carbocycles. The van der Waals surface area contributed by atoms with Crippen LogP contribution in [0.3, 0.4) is 0 Å². The average Bonchev–Trinajstić information content (AvgIpc) is 2.82. The second-order valence-corrected chi connectivity index (χ2v) is 5.99. The molecule has 1 fully saturated rings. The van der Waals surface area contributed by atoms with Gasteiger partial charge in [-0.3, -0.25) is 0 Å². The molecule has 1 aliphatic rings. The molecule has 0 aromatic carbocycles. The average molecular weight is 254 g/mol. The fourth-order valence-corrected chi connectivity index (χ4v) is 3.44. The molecule has 2 heteroatoms. The molecule has 0 aromatic rings. The first-order chi connectivity index (χ1) is 8.72. The van der Waals surface area contributed by atoms with Crippen molar-refractivity contribution in [3.05, 3.63) is 0 Å². The minimum absolute atomic E-state index is 0.786. The molecule has 0 aliphatic heterocycles. The maximum atomic E-state index is 3.74. The van der Waals surface area contributed by atoms with Crippen molar-refractivity contribution < 1.29 is 0 Å². The zero-order chi connectivity index (χ0) is 13.4. The van der Waals surface area contributed by atoms with Crippen LogP contribution in [0.4, 0.5) is 0 Å². The molecular formula is C16H34N2. The van der Waals surface area contributed by atoms with E-state index in [0.717, 1.165) is 18.0 Å². The zero-order valence-corrected chi connectivity index (χ0v) is 13.0. The molecule has 1 N–H and O–H groups in total. The van der Waals surface area contributed by atoms with E-state index in [4.69, 9.17) is 0 Å². The van der Waals surface area contributed by atoms with Crippen molar-refractivity contribution in [2.24, 2.45) is 5.92 Å². The third-order valence-corrected chi connectivity index (χ3v) is 4.73. The molecule has 2 atom stereocenters. The van der Waals surface area contributed by atoms with E-state index >= 15 is 0 Å². The smallest absolute Gasteiger partial charge is 0.00958 e. The van der Waals surface area contributed by atoms with Crippen LogP contribution in [0.15, 0.2) is 0 Å². The van der Waals surface area contributed by atoms with Crippen molar-refractivity contribution in [3.8, 4) is 0 Å². The third-order valence-electron chi connectivity index (χ3n) is 4.73. The van der Waals surface area contributed by atoms with Gasteiger partial charge in [-0.1, -0.05) is 27.2 Å². The van der Waals surface area contributed by atoms with Crippen LogP contribution in [-0.4, -0.2) is 37.1 Å². The van der Waals surface area contributed by atoms with Crippen molar-refractivity contribution in [1.82, 2.24) is 10.2 Å². The summed E-state index contributed by atoms with van der Waals surface area (Å²) < 4.78 is 0. The predicted molar refractivity (Wildman–Crippen MR) is 81.0 cm³/mol. The summed E-state index contributed by atoms with van der Waals surface area (Å²) in [5.74, 6) is 0.924. The minimum atomic E-state index is 0.786. The number of nitrogens with zero attached hydrogens (tertiary/aromatic N) is 1. The first-order valence-corrected chi connectivity index (χ1v) is 8.16. The Labute approximate surface area is 115 Å². The lowest BCUT2D eigenvalue weighted by Gasteiger charge is -2.29. The molecule has 0 bridgehead atoms.